The lowest BCUT2D eigenvalue weighted by molar-refractivity contribution is -0.141. The van der Waals surface area contributed by atoms with Gasteiger partial charge in [-0.15, -0.1) is 0 Å². The normalized spacial score (nSPS) is 13.5. The molecule has 4 unspecified atom stereocenters. The van der Waals surface area contributed by atoms with Gasteiger partial charge in [0.2, 0.25) is 29.5 Å². The summed E-state index contributed by atoms with van der Waals surface area (Å²) in [4.78, 5) is 80.7. The summed E-state index contributed by atoms with van der Waals surface area (Å²) in [5, 5.41) is 22.1. The maximum Gasteiger partial charge on any atom is 0.325 e. The monoisotopic (exact) mass is 601 g/mol. The third kappa shape index (κ3) is 11.3. The van der Waals surface area contributed by atoms with Crippen LogP contribution in [0.2, 0.25) is 0 Å². The van der Waals surface area contributed by atoms with Gasteiger partial charge in [0.25, 0.3) is 0 Å². The Hall–Kier alpha value is -5.15. The van der Waals surface area contributed by atoms with Crippen LogP contribution in [0.25, 0.3) is 10.9 Å². The smallest absolute Gasteiger partial charge is 0.325 e. The fraction of sp³-hybridized carbons (Fsp3) is 0.444. The molecule has 1 aromatic carbocycles. The molecule has 2 rings (SSSR count). The first kappa shape index (κ1) is 34.1. The van der Waals surface area contributed by atoms with E-state index in [4.69, 9.17) is 16.6 Å². The van der Waals surface area contributed by atoms with E-state index in [1.54, 1.807) is 6.20 Å². The van der Waals surface area contributed by atoms with Gasteiger partial charge in [-0.05, 0) is 38.3 Å². The summed E-state index contributed by atoms with van der Waals surface area (Å²) >= 11 is 0. The van der Waals surface area contributed by atoms with Gasteiger partial charge >= 0.3 is 5.97 Å². The Labute approximate surface area is 247 Å². The average molecular weight is 602 g/mol. The van der Waals surface area contributed by atoms with Crippen molar-refractivity contribution in [2.24, 2.45) is 16.5 Å². The number of aliphatic imine (C=N–C) groups is 1. The molecule has 0 aliphatic heterocycles. The molecule has 0 saturated carbocycles. The zero-order chi connectivity index (χ0) is 32.1. The van der Waals surface area contributed by atoms with Crippen molar-refractivity contribution in [2.75, 3.05) is 13.1 Å². The molecule has 4 atom stereocenters. The highest BCUT2D eigenvalue weighted by Crippen LogP contribution is 2.19. The quantitative estimate of drug-likeness (QED) is 0.0582. The Balaban J connectivity index is 2.09. The van der Waals surface area contributed by atoms with E-state index in [0.29, 0.717) is 6.42 Å². The number of benzene rings is 1. The largest absolute Gasteiger partial charge is 0.480 e. The molecule has 11 N–H and O–H groups in total. The standard InChI is InChI=1S/C27H39N9O7/c1-14(23(39)34-15(2)26(42)43)33-22(38)13-32-24(40)20(9-6-10-30-27(28)29)36-25(41)21(35-16(3)37)11-17-12-31-19-8-5-4-7-18(17)19/h4-5,7-8,12,14-15,20-21,31H,6,9-11,13H2,1-3H3,(H,32,40)(H,33,38)(H,34,39)(H,35,37)(H,36,41)(H,42,43)(H4,28,29,30). The molecule has 0 aliphatic rings. The summed E-state index contributed by atoms with van der Waals surface area (Å²) in [5.41, 5.74) is 12.4. The molecular formula is C27H39N9O7. The summed E-state index contributed by atoms with van der Waals surface area (Å²) < 4.78 is 0. The van der Waals surface area contributed by atoms with Gasteiger partial charge in [-0.3, -0.25) is 33.8 Å². The Kier molecular flexibility index (Phi) is 12.9. The van der Waals surface area contributed by atoms with Crippen molar-refractivity contribution in [3.05, 3.63) is 36.0 Å². The fourth-order valence-corrected chi connectivity index (χ4v) is 4.07. The van der Waals surface area contributed by atoms with E-state index in [1.165, 1.54) is 20.8 Å². The third-order valence-electron chi connectivity index (χ3n) is 6.29. The molecule has 16 heteroatoms. The minimum Gasteiger partial charge on any atom is -0.480 e. The second-order valence-corrected chi connectivity index (χ2v) is 9.90. The van der Waals surface area contributed by atoms with E-state index in [2.05, 4.69) is 36.6 Å². The Bertz CT molecular complexity index is 1350. The maximum atomic E-state index is 13.3. The number of H-pyrrole nitrogens is 1. The van der Waals surface area contributed by atoms with Crippen LogP contribution in [0, 0.1) is 0 Å². The lowest BCUT2D eigenvalue weighted by Crippen LogP contribution is -2.55. The summed E-state index contributed by atoms with van der Waals surface area (Å²) in [6.45, 7) is 3.54. The molecule has 0 saturated heterocycles. The van der Waals surface area contributed by atoms with Crippen molar-refractivity contribution >= 4 is 52.4 Å². The van der Waals surface area contributed by atoms with Gasteiger partial charge in [0, 0.05) is 37.0 Å². The van der Waals surface area contributed by atoms with Crippen molar-refractivity contribution in [3.63, 3.8) is 0 Å². The van der Waals surface area contributed by atoms with Gasteiger partial charge in [0.1, 0.15) is 24.2 Å². The Morgan fingerprint density at radius 2 is 1.60 bits per heavy atom. The van der Waals surface area contributed by atoms with Crippen molar-refractivity contribution in [1.82, 2.24) is 31.6 Å². The first-order chi connectivity index (χ1) is 20.3. The van der Waals surface area contributed by atoms with Crippen LogP contribution in [0.3, 0.4) is 0 Å². The van der Waals surface area contributed by atoms with Crippen LogP contribution in [0.15, 0.2) is 35.5 Å². The number of nitrogens with two attached hydrogens (primary N) is 2. The number of carboxylic acids is 1. The number of aliphatic carboxylic acids is 1. The second kappa shape index (κ2) is 16.3. The zero-order valence-electron chi connectivity index (χ0n) is 24.2. The average Bonchev–Trinajstić information content (AvgIpc) is 3.35. The Morgan fingerprint density at radius 1 is 0.907 bits per heavy atom. The molecule has 43 heavy (non-hydrogen) atoms. The number of nitrogens with zero attached hydrogens (tertiary/aromatic N) is 1. The predicted octanol–water partition coefficient (Wildman–Crippen LogP) is -2.04. The Morgan fingerprint density at radius 3 is 2.26 bits per heavy atom. The molecule has 0 aliphatic carbocycles. The lowest BCUT2D eigenvalue weighted by atomic mass is 10.0. The van der Waals surface area contributed by atoms with E-state index in [1.807, 2.05) is 24.3 Å². The number of carboxylic acid groups (broad SMARTS) is 1. The highest BCUT2D eigenvalue weighted by Gasteiger charge is 2.28. The first-order valence-electron chi connectivity index (χ1n) is 13.6. The van der Waals surface area contributed by atoms with Crippen LogP contribution in [0.4, 0.5) is 0 Å². The van der Waals surface area contributed by atoms with E-state index >= 15 is 0 Å². The van der Waals surface area contributed by atoms with Crippen molar-refractivity contribution in [2.45, 2.75) is 64.2 Å². The summed E-state index contributed by atoms with van der Waals surface area (Å²) in [5.74, 6) is -4.58. The molecular weight excluding hydrogens is 562 g/mol. The highest BCUT2D eigenvalue weighted by atomic mass is 16.4. The fourth-order valence-electron chi connectivity index (χ4n) is 4.07. The molecule has 0 bridgehead atoms. The van der Waals surface area contributed by atoms with E-state index < -0.39 is 66.2 Å². The molecule has 0 radical (unpaired) electrons. The molecule has 0 fully saturated rings. The van der Waals surface area contributed by atoms with Gasteiger partial charge < -0.3 is 48.1 Å². The molecule has 1 heterocycles. The van der Waals surface area contributed by atoms with Gasteiger partial charge in [-0.25, -0.2) is 0 Å². The van der Waals surface area contributed by atoms with Crippen LogP contribution >= 0.6 is 0 Å². The molecule has 16 nitrogen and oxygen atoms in total. The zero-order valence-corrected chi connectivity index (χ0v) is 24.2. The second-order valence-electron chi connectivity index (χ2n) is 9.90. The van der Waals surface area contributed by atoms with E-state index in [0.717, 1.165) is 16.5 Å². The lowest BCUT2D eigenvalue weighted by Gasteiger charge is -2.23. The molecule has 234 valence electrons. The van der Waals surface area contributed by atoms with Gasteiger partial charge in [0.15, 0.2) is 5.96 Å². The van der Waals surface area contributed by atoms with E-state index in [9.17, 15) is 28.8 Å². The molecule has 0 spiro atoms. The van der Waals surface area contributed by atoms with Gasteiger partial charge in [-0.1, -0.05) is 18.2 Å². The number of guanidine groups is 1. The first-order valence-corrected chi connectivity index (χ1v) is 13.6. The number of amides is 5. The van der Waals surface area contributed by atoms with Crippen molar-refractivity contribution in [3.8, 4) is 0 Å². The SMILES string of the molecule is CC(=O)NC(Cc1c[nH]c2ccccc12)C(=O)NC(CCCN=C(N)N)C(=O)NCC(=O)NC(C)C(=O)NC(C)C(=O)O. The van der Waals surface area contributed by atoms with Crippen LogP contribution in [0.5, 0.6) is 0 Å². The van der Waals surface area contributed by atoms with Crippen LogP contribution < -0.4 is 38.1 Å². The number of hydrogen-bond donors (Lipinski definition) is 9. The van der Waals surface area contributed by atoms with Crippen LogP contribution in [-0.2, 0) is 35.2 Å². The number of aromatic nitrogens is 1. The van der Waals surface area contributed by atoms with Crippen LogP contribution in [-0.4, -0.2) is 88.8 Å². The molecule has 1 aromatic heterocycles. The number of fused-ring (bicyclic) bond motifs is 1. The summed E-state index contributed by atoms with van der Waals surface area (Å²) in [6.07, 6.45) is 2.28. The van der Waals surface area contributed by atoms with Crippen molar-refractivity contribution in [1.29, 1.82) is 0 Å². The molecule has 2 aromatic rings. The maximum absolute atomic E-state index is 13.3. The minimum absolute atomic E-state index is 0.0989. The van der Waals surface area contributed by atoms with Gasteiger partial charge in [0.05, 0.1) is 6.54 Å². The highest BCUT2D eigenvalue weighted by molar-refractivity contribution is 5.95. The number of rotatable bonds is 16. The number of hydrogen-bond acceptors (Lipinski definition) is 7. The predicted molar refractivity (Wildman–Crippen MR) is 157 cm³/mol. The number of carbonyl (C=O) groups is 6. The number of nitrogens with one attached hydrogen (secondary N) is 6. The van der Waals surface area contributed by atoms with Crippen LogP contribution in [0.1, 0.15) is 39.2 Å². The van der Waals surface area contributed by atoms with E-state index in [-0.39, 0.29) is 25.3 Å². The minimum atomic E-state index is -1.24. The summed E-state index contributed by atoms with van der Waals surface area (Å²) in [6, 6.07) is 3.10. The van der Waals surface area contributed by atoms with Gasteiger partial charge in [-0.2, -0.15) is 0 Å². The number of aromatic amines is 1. The molecule has 5 amide bonds. The summed E-state index contributed by atoms with van der Waals surface area (Å²) in [7, 11) is 0. The number of carbonyl (C=O) groups excluding carboxylic acids is 5. The topological polar surface area (TPSA) is 263 Å². The van der Waals surface area contributed by atoms with Crippen molar-refractivity contribution < 1.29 is 33.9 Å². The third-order valence-corrected chi connectivity index (χ3v) is 6.29. The number of para-hydroxylation sites is 1.